The first-order valence-electron chi connectivity index (χ1n) is 13.5. The van der Waals surface area contributed by atoms with Gasteiger partial charge in [-0.1, -0.05) is 37.3 Å². The number of H-pyrrole nitrogens is 2. The van der Waals surface area contributed by atoms with Gasteiger partial charge in [0, 0.05) is 17.7 Å². The molecule has 5 atom stereocenters. The Morgan fingerprint density at radius 3 is 2.31 bits per heavy atom. The molecule has 5 heteroatoms. The number of hydrogen-bond donors (Lipinski definition) is 3. The summed E-state index contributed by atoms with van der Waals surface area (Å²) in [5.74, 6) is 5.52. The maximum Gasteiger partial charge on any atom is 0.124 e. The van der Waals surface area contributed by atoms with Crippen LogP contribution < -0.4 is 5.32 Å². The number of nitrogens with one attached hydrogen (secondary N) is 3. The van der Waals surface area contributed by atoms with Crippen LogP contribution in [0.2, 0.25) is 0 Å². The van der Waals surface area contributed by atoms with Crippen molar-refractivity contribution < 1.29 is 0 Å². The molecule has 1 aliphatic heterocycles. The van der Waals surface area contributed by atoms with E-state index in [9.17, 15) is 0 Å². The van der Waals surface area contributed by atoms with Crippen molar-refractivity contribution in [2.45, 2.75) is 44.6 Å². The zero-order chi connectivity index (χ0) is 23.8. The number of hydrogen-bond acceptors (Lipinski definition) is 3. The van der Waals surface area contributed by atoms with Crippen molar-refractivity contribution in [2.75, 3.05) is 6.54 Å². The van der Waals surface area contributed by atoms with Crippen LogP contribution in [0.25, 0.3) is 44.2 Å². The predicted molar refractivity (Wildman–Crippen MR) is 145 cm³/mol. The van der Waals surface area contributed by atoms with Gasteiger partial charge in [-0.3, -0.25) is 0 Å². The largest absolute Gasteiger partial charge is 0.347 e. The lowest BCUT2D eigenvalue weighted by atomic mass is 9.99. The first-order valence-corrected chi connectivity index (χ1v) is 13.5. The summed E-state index contributed by atoms with van der Waals surface area (Å²) in [4.78, 5) is 16.9. The molecule has 0 amide bonds. The lowest BCUT2D eigenvalue weighted by molar-refractivity contribution is 0.588. The Hall–Kier alpha value is -3.44. The zero-order valence-electron chi connectivity index (χ0n) is 20.6. The molecule has 8 rings (SSSR count). The molecule has 5 aromatic rings. The highest BCUT2D eigenvalue weighted by atomic mass is 15.0. The summed E-state index contributed by atoms with van der Waals surface area (Å²) in [6.45, 7) is 3.35. The van der Waals surface area contributed by atoms with E-state index < -0.39 is 0 Å². The summed E-state index contributed by atoms with van der Waals surface area (Å²) in [5, 5.41) is 6.05. The van der Waals surface area contributed by atoms with Crippen LogP contribution in [0.1, 0.15) is 56.2 Å². The van der Waals surface area contributed by atoms with Crippen molar-refractivity contribution in [3.63, 3.8) is 0 Å². The third kappa shape index (κ3) is 3.48. The van der Waals surface area contributed by atoms with Crippen molar-refractivity contribution in [2.24, 2.45) is 17.8 Å². The molecule has 0 radical (unpaired) electrons. The van der Waals surface area contributed by atoms with E-state index in [0.717, 1.165) is 52.9 Å². The normalized spacial score (nSPS) is 27.2. The molecule has 0 bridgehead atoms. The molecule has 36 heavy (non-hydrogen) atoms. The lowest BCUT2D eigenvalue weighted by Crippen LogP contribution is -2.14. The number of aromatic nitrogens is 4. The van der Waals surface area contributed by atoms with Gasteiger partial charge in [0.15, 0.2) is 0 Å². The highest BCUT2D eigenvalue weighted by Crippen LogP contribution is 2.57. The van der Waals surface area contributed by atoms with Crippen molar-refractivity contribution >= 4 is 21.8 Å². The number of nitrogens with zero attached hydrogens (tertiary/aromatic N) is 2. The quantitative estimate of drug-likeness (QED) is 0.264. The van der Waals surface area contributed by atoms with Crippen LogP contribution in [-0.4, -0.2) is 26.5 Å². The third-order valence-electron chi connectivity index (χ3n) is 8.88. The summed E-state index contributed by atoms with van der Waals surface area (Å²) in [5.41, 5.74) is 6.86. The van der Waals surface area contributed by atoms with E-state index in [2.05, 4.69) is 76.8 Å². The minimum absolute atomic E-state index is 0.337. The van der Waals surface area contributed by atoms with Crippen molar-refractivity contribution in [1.82, 2.24) is 25.3 Å². The molecule has 2 aliphatic carbocycles. The summed E-state index contributed by atoms with van der Waals surface area (Å²) < 4.78 is 0. The van der Waals surface area contributed by atoms with Crippen LogP contribution in [0, 0.1) is 17.8 Å². The summed E-state index contributed by atoms with van der Waals surface area (Å²) in [7, 11) is 0. The van der Waals surface area contributed by atoms with E-state index in [-0.39, 0.29) is 0 Å². The van der Waals surface area contributed by atoms with Gasteiger partial charge in [-0.2, -0.15) is 0 Å². The molecule has 0 spiro atoms. The van der Waals surface area contributed by atoms with Crippen molar-refractivity contribution in [1.29, 1.82) is 0 Å². The molecule has 3 N–H and O–H groups in total. The maximum absolute atomic E-state index is 4.94. The van der Waals surface area contributed by atoms with Gasteiger partial charge in [0.05, 0.1) is 22.8 Å². The first-order chi connectivity index (χ1) is 17.7. The number of rotatable bonds is 4. The SMILES string of the molecule is C[C@H]1CN[C@H](c2nc(-c3ccc4cc(-c5ccc6nc([C@H]7C[C@@H]8C[C@@H]8C7)[nH]c6c5)ccc4c3)c[nH]2)C1. The Balaban J connectivity index is 1.07. The van der Waals surface area contributed by atoms with Crippen molar-refractivity contribution in [3.05, 3.63) is 72.4 Å². The van der Waals surface area contributed by atoms with Gasteiger partial charge in [0.2, 0.25) is 0 Å². The second-order valence-electron chi connectivity index (χ2n) is 11.5. The lowest BCUT2D eigenvalue weighted by Gasteiger charge is -2.07. The number of benzene rings is 3. The standard InChI is InChI=1S/C31H31N5/c1-17-8-28(32-15-17)31-33-16-29(36-31)22-5-4-18-9-19(2-3-20(18)10-22)21-6-7-26-27(14-21)35-30(34-26)25-12-23-11-24(23)13-25/h2-7,9-10,14,16-17,23-25,28,32H,8,11-13,15H2,1H3,(H,33,36)(H,34,35)/t17-,23-,24+,25-,28+/m1/s1. The highest BCUT2D eigenvalue weighted by Gasteiger charge is 2.47. The Bertz CT molecular complexity index is 1600. The van der Waals surface area contributed by atoms with E-state index in [1.165, 1.54) is 47.0 Å². The number of fused-ring (bicyclic) bond motifs is 3. The zero-order valence-corrected chi connectivity index (χ0v) is 20.6. The van der Waals surface area contributed by atoms with Crippen LogP contribution in [0.4, 0.5) is 0 Å². The Morgan fingerprint density at radius 1 is 0.750 bits per heavy atom. The molecule has 2 aromatic heterocycles. The van der Waals surface area contributed by atoms with Gasteiger partial charge in [-0.15, -0.1) is 0 Å². The second kappa shape index (κ2) is 7.78. The molecule has 0 unspecified atom stereocenters. The van der Waals surface area contributed by atoms with E-state index >= 15 is 0 Å². The van der Waals surface area contributed by atoms with Gasteiger partial charge >= 0.3 is 0 Å². The molecule has 2 saturated carbocycles. The summed E-state index contributed by atoms with van der Waals surface area (Å²) >= 11 is 0. The Labute approximate surface area is 210 Å². The Morgan fingerprint density at radius 2 is 1.50 bits per heavy atom. The monoisotopic (exact) mass is 473 g/mol. The van der Waals surface area contributed by atoms with Crippen LogP contribution in [0.5, 0.6) is 0 Å². The molecule has 3 fully saturated rings. The Kier molecular flexibility index (Phi) is 4.48. The van der Waals surface area contributed by atoms with E-state index in [1.54, 1.807) is 0 Å². The molecule has 1 saturated heterocycles. The van der Waals surface area contributed by atoms with Gasteiger partial charge in [-0.25, -0.2) is 9.97 Å². The second-order valence-corrected chi connectivity index (χ2v) is 11.5. The van der Waals surface area contributed by atoms with E-state index in [4.69, 9.17) is 9.97 Å². The van der Waals surface area contributed by atoms with E-state index in [0.29, 0.717) is 17.9 Å². The van der Waals surface area contributed by atoms with Crippen LogP contribution in [-0.2, 0) is 0 Å². The minimum Gasteiger partial charge on any atom is -0.347 e. The van der Waals surface area contributed by atoms with Crippen molar-refractivity contribution in [3.8, 4) is 22.4 Å². The average molecular weight is 474 g/mol. The number of imidazole rings is 2. The van der Waals surface area contributed by atoms with E-state index in [1.807, 2.05) is 6.20 Å². The highest BCUT2D eigenvalue weighted by molar-refractivity contribution is 5.91. The van der Waals surface area contributed by atoms with Crippen LogP contribution in [0.15, 0.2) is 60.8 Å². The maximum atomic E-state index is 4.94. The van der Waals surface area contributed by atoms with Gasteiger partial charge in [0.25, 0.3) is 0 Å². The average Bonchev–Trinajstić information content (AvgIpc) is 3.43. The van der Waals surface area contributed by atoms with Gasteiger partial charge in [-0.05, 0) is 96.1 Å². The fourth-order valence-electron chi connectivity index (χ4n) is 6.71. The summed E-state index contributed by atoms with van der Waals surface area (Å²) in [6.07, 6.45) is 7.27. The molecule has 3 aliphatic rings. The first kappa shape index (κ1) is 20.7. The molecule has 180 valence electrons. The van der Waals surface area contributed by atoms with Gasteiger partial charge < -0.3 is 15.3 Å². The smallest absolute Gasteiger partial charge is 0.124 e. The molecular weight excluding hydrogens is 442 g/mol. The fourth-order valence-corrected chi connectivity index (χ4v) is 6.71. The molecular formula is C31H31N5. The molecule has 3 heterocycles. The van der Waals surface area contributed by atoms with Crippen LogP contribution in [0.3, 0.4) is 0 Å². The fraction of sp³-hybridized carbons (Fsp3) is 0.355. The summed E-state index contributed by atoms with van der Waals surface area (Å²) in [6, 6.07) is 20.4. The topological polar surface area (TPSA) is 69.4 Å². The van der Waals surface area contributed by atoms with Gasteiger partial charge in [0.1, 0.15) is 11.6 Å². The molecule has 3 aromatic carbocycles. The third-order valence-corrected chi connectivity index (χ3v) is 8.88. The minimum atomic E-state index is 0.337. The number of aromatic amines is 2. The van der Waals surface area contributed by atoms with Crippen LogP contribution >= 0.6 is 0 Å². The molecule has 5 nitrogen and oxygen atoms in total. The predicted octanol–water partition coefficient (Wildman–Crippen LogP) is 6.96.